The van der Waals surface area contributed by atoms with Gasteiger partial charge in [-0.25, -0.2) is 9.78 Å². The Morgan fingerprint density at radius 3 is 2.76 bits per heavy atom. The fourth-order valence-electron chi connectivity index (χ4n) is 1.18. The molecular formula is C11H9N3O2S. The van der Waals surface area contributed by atoms with Gasteiger partial charge in [0.1, 0.15) is 10.1 Å². The molecule has 0 aromatic carbocycles. The summed E-state index contributed by atoms with van der Waals surface area (Å²) in [5.74, 6) is -0.999. The van der Waals surface area contributed by atoms with E-state index in [9.17, 15) is 4.79 Å². The largest absolute Gasteiger partial charge is 0.478 e. The van der Waals surface area contributed by atoms with Crippen LogP contribution in [0, 0.1) is 6.92 Å². The van der Waals surface area contributed by atoms with Crippen LogP contribution in [0.4, 0.5) is 0 Å². The molecule has 0 saturated carbocycles. The number of carboxylic acids is 1. The first kappa shape index (κ1) is 11.5. The number of aromatic nitrogens is 3. The van der Waals surface area contributed by atoms with E-state index in [1.165, 1.54) is 17.8 Å². The Morgan fingerprint density at radius 2 is 2.12 bits per heavy atom. The van der Waals surface area contributed by atoms with Crippen molar-refractivity contribution in [1.82, 2.24) is 15.2 Å². The lowest BCUT2D eigenvalue weighted by Crippen LogP contribution is -2.00. The first-order chi connectivity index (χ1) is 8.16. The van der Waals surface area contributed by atoms with Crippen LogP contribution in [-0.4, -0.2) is 26.3 Å². The molecule has 0 aliphatic rings. The first-order valence-electron chi connectivity index (χ1n) is 4.83. The van der Waals surface area contributed by atoms with E-state index in [0.29, 0.717) is 10.1 Å². The Balaban J connectivity index is 2.30. The fourth-order valence-corrected chi connectivity index (χ4v) is 1.97. The zero-order valence-electron chi connectivity index (χ0n) is 8.99. The monoisotopic (exact) mass is 247 g/mol. The Bertz CT molecular complexity index is 543. The van der Waals surface area contributed by atoms with Crippen molar-refractivity contribution in [2.24, 2.45) is 0 Å². The Labute approximate surface area is 102 Å². The predicted molar refractivity (Wildman–Crippen MR) is 62.1 cm³/mol. The Morgan fingerprint density at radius 1 is 1.29 bits per heavy atom. The molecule has 0 saturated heterocycles. The average Bonchev–Trinajstić information content (AvgIpc) is 2.32. The molecule has 6 heteroatoms. The number of carbonyl (C=O) groups is 1. The van der Waals surface area contributed by atoms with Crippen molar-refractivity contribution >= 4 is 17.7 Å². The molecule has 0 aliphatic carbocycles. The number of nitrogens with zero attached hydrogens (tertiary/aromatic N) is 3. The number of hydrogen-bond acceptors (Lipinski definition) is 5. The summed E-state index contributed by atoms with van der Waals surface area (Å²) < 4.78 is 0. The topological polar surface area (TPSA) is 76.0 Å². The van der Waals surface area contributed by atoms with Gasteiger partial charge in [-0.05, 0) is 43.0 Å². The fraction of sp³-hybridized carbons (Fsp3) is 0.0909. The number of hydrogen-bond donors (Lipinski definition) is 1. The van der Waals surface area contributed by atoms with E-state index in [2.05, 4.69) is 15.2 Å². The zero-order chi connectivity index (χ0) is 12.3. The molecule has 2 rings (SSSR count). The normalized spacial score (nSPS) is 10.2. The molecule has 0 aliphatic heterocycles. The second-order valence-corrected chi connectivity index (χ2v) is 4.29. The first-order valence-corrected chi connectivity index (χ1v) is 5.65. The van der Waals surface area contributed by atoms with Gasteiger partial charge in [-0.3, -0.25) is 0 Å². The van der Waals surface area contributed by atoms with Crippen LogP contribution >= 0.6 is 11.8 Å². The molecule has 17 heavy (non-hydrogen) atoms. The predicted octanol–water partition coefficient (Wildman–Crippen LogP) is 2.03. The SMILES string of the molecule is Cc1ccc(Sc2ncccc2C(=O)O)nn1. The number of rotatable bonds is 3. The van der Waals surface area contributed by atoms with Gasteiger partial charge >= 0.3 is 5.97 Å². The van der Waals surface area contributed by atoms with Crippen LogP contribution in [0.1, 0.15) is 16.1 Å². The minimum Gasteiger partial charge on any atom is -0.478 e. The highest BCUT2D eigenvalue weighted by Gasteiger charge is 2.12. The van der Waals surface area contributed by atoms with Crippen molar-refractivity contribution in [2.75, 3.05) is 0 Å². The minimum atomic E-state index is -0.999. The summed E-state index contributed by atoms with van der Waals surface area (Å²) in [6.07, 6.45) is 1.55. The van der Waals surface area contributed by atoms with Crippen molar-refractivity contribution in [2.45, 2.75) is 17.0 Å². The van der Waals surface area contributed by atoms with Gasteiger partial charge < -0.3 is 5.11 Å². The molecule has 5 nitrogen and oxygen atoms in total. The van der Waals surface area contributed by atoms with Crippen LogP contribution in [0.25, 0.3) is 0 Å². The standard InChI is InChI=1S/C11H9N3O2S/c1-7-4-5-9(14-13-7)17-10-8(11(15)16)3-2-6-12-10/h2-6H,1H3,(H,15,16). The molecule has 0 unspecified atom stereocenters. The van der Waals surface area contributed by atoms with Crippen molar-refractivity contribution in [3.05, 3.63) is 41.7 Å². The van der Waals surface area contributed by atoms with Gasteiger partial charge in [-0.1, -0.05) is 0 Å². The third-order valence-corrected chi connectivity index (χ3v) is 2.92. The molecular weight excluding hydrogens is 238 g/mol. The molecule has 0 bridgehead atoms. The maximum absolute atomic E-state index is 11.0. The van der Waals surface area contributed by atoms with E-state index < -0.39 is 5.97 Å². The summed E-state index contributed by atoms with van der Waals surface area (Å²) in [4.78, 5) is 15.0. The van der Waals surface area contributed by atoms with Gasteiger partial charge in [-0.2, -0.15) is 5.10 Å². The Hall–Kier alpha value is -1.95. The van der Waals surface area contributed by atoms with E-state index in [0.717, 1.165) is 5.69 Å². The highest BCUT2D eigenvalue weighted by atomic mass is 32.2. The van der Waals surface area contributed by atoms with Crippen molar-refractivity contribution in [3.63, 3.8) is 0 Å². The molecule has 2 heterocycles. The molecule has 2 aromatic rings. The lowest BCUT2D eigenvalue weighted by molar-refractivity contribution is 0.0692. The third kappa shape index (κ3) is 2.79. The molecule has 0 spiro atoms. The van der Waals surface area contributed by atoms with Crippen molar-refractivity contribution in [1.29, 1.82) is 0 Å². The van der Waals surface area contributed by atoms with Crippen LogP contribution < -0.4 is 0 Å². The third-order valence-electron chi connectivity index (χ3n) is 1.98. The lowest BCUT2D eigenvalue weighted by atomic mass is 10.3. The summed E-state index contributed by atoms with van der Waals surface area (Å²) in [5, 5.41) is 17.9. The molecule has 2 aromatic heterocycles. The molecule has 0 atom stereocenters. The maximum atomic E-state index is 11.0. The molecule has 1 N–H and O–H groups in total. The van der Waals surface area contributed by atoms with Crippen LogP contribution in [0.15, 0.2) is 40.5 Å². The van der Waals surface area contributed by atoms with Crippen LogP contribution in [0.3, 0.4) is 0 Å². The van der Waals surface area contributed by atoms with Gasteiger partial charge in [0.2, 0.25) is 0 Å². The van der Waals surface area contributed by atoms with Crippen LogP contribution in [0.5, 0.6) is 0 Å². The second-order valence-electron chi connectivity index (χ2n) is 3.28. The summed E-state index contributed by atoms with van der Waals surface area (Å²) in [6, 6.07) is 6.71. The second kappa shape index (κ2) is 4.92. The smallest absolute Gasteiger partial charge is 0.338 e. The van der Waals surface area contributed by atoms with E-state index in [-0.39, 0.29) is 5.56 Å². The summed E-state index contributed by atoms with van der Waals surface area (Å²) in [6.45, 7) is 1.84. The summed E-state index contributed by atoms with van der Waals surface area (Å²) >= 11 is 1.19. The summed E-state index contributed by atoms with van der Waals surface area (Å²) in [7, 11) is 0. The van der Waals surface area contributed by atoms with Gasteiger partial charge in [0.15, 0.2) is 0 Å². The Kier molecular flexibility index (Phi) is 3.34. The van der Waals surface area contributed by atoms with Gasteiger partial charge in [-0.15, -0.1) is 5.10 Å². The van der Waals surface area contributed by atoms with Gasteiger partial charge in [0, 0.05) is 6.20 Å². The van der Waals surface area contributed by atoms with Crippen molar-refractivity contribution < 1.29 is 9.90 Å². The lowest BCUT2D eigenvalue weighted by Gasteiger charge is -2.02. The van der Waals surface area contributed by atoms with E-state index >= 15 is 0 Å². The molecule has 86 valence electrons. The zero-order valence-corrected chi connectivity index (χ0v) is 9.81. The number of pyridine rings is 1. The van der Waals surface area contributed by atoms with Crippen molar-refractivity contribution in [3.8, 4) is 0 Å². The summed E-state index contributed by atoms with van der Waals surface area (Å²) in [5.41, 5.74) is 0.980. The van der Waals surface area contributed by atoms with Gasteiger partial charge in [0.25, 0.3) is 0 Å². The molecule has 0 radical (unpaired) electrons. The molecule has 0 amide bonds. The number of aryl methyl sites for hydroxylation is 1. The van der Waals surface area contributed by atoms with E-state index in [1.807, 2.05) is 13.0 Å². The maximum Gasteiger partial charge on any atom is 0.338 e. The van der Waals surface area contributed by atoms with E-state index in [1.54, 1.807) is 18.3 Å². The van der Waals surface area contributed by atoms with Crippen LogP contribution in [0.2, 0.25) is 0 Å². The minimum absolute atomic E-state index is 0.167. The molecule has 0 fully saturated rings. The highest BCUT2D eigenvalue weighted by Crippen LogP contribution is 2.26. The number of aromatic carboxylic acids is 1. The van der Waals surface area contributed by atoms with E-state index in [4.69, 9.17) is 5.11 Å². The quantitative estimate of drug-likeness (QED) is 0.894. The van der Waals surface area contributed by atoms with Crippen LogP contribution in [-0.2, 0) is 0 Å². The number of carboxylic acid groups (broad SMARTS) is 1. The average molecular weight is 247 g/mol. The highest BCUT2D eigenvalue weighted by molar-refractivity contribution is 7.99. The van der Waals surface area contributed by atoms with Gasteiger partial charge in [0.05, 0.1) is 11.3 Å².